The van der Waals surface area contributed by atoms with Gasteiger partial charge < -0.3 is 10.1 Å². The summed E-state index contributed by atoms with van der Waals surface area (Å²) in [5.74, 6) is 0.478. The maximum Gasteiger partial charge on any atom is 0.262 e. The van der Waals surface area contributed by atoms with Crippen LogP contribution < -0.4 is 10.1 Å². The van der Waals surface area contributed by atoms with E-state index in [2.05, 4.69) is 5.32 Å². The molecule has 1 fully saturated rings. The van der Waals surface area contributed by atoms with E-state index in [4.69, 9.17) is 16.3 Å². The predicted octanol–water partition coefficient (Wildman–Crippen LogP) is 2.65. The van der Waals surface area contributed by atoms with Crippen LogP contribution in [0, 0.1) is 5.92 Å². The number of benzene rings is 1. The van der Waals surface area contributed by atoms with Gasteiger partial charge in [0.15, 0.2) is 12.4 Å². The van der Waals surface area contributed by atoms with Crippen molar-refractivity contribution in [1.29, 1.82) is 0 Å². The van der Waals surface area contributed by atoms with Crippen LogP contribution in [0.25, 0.3) is 0 Å². The molecule has 2 aliphatic rings. The van der Waals surface area contributed by atoms with Crippen molar-refractivity contribution in [3.8, 4) is 5.75 Å². The molecule has 5 heteroatoms. The van der Waals surface area contributed by atoms with Crippen LogP contribution in [0.15, 0.2) is 12.1 Å². The second-order valence-electron chi connectivity index (χ2n) is 4.66. The minimum Gasteiger partial charge on any atom is -0.482 e. The van der Waals surface area contributed by atoms with Gasteiger partial charge in [0.25, 0.3) is 5.91 Å². The Labute approximate surface area is 109 Å². The fourth-order valence-corrected chi connectivity index (χ4v) is 2.44. The summed E-state index contributed by atoms with van der Waals surface area (Å²) in [5, 5.41) is 3.04. The number of nitrogens with one attached hydrogen (secondary N) is 1. The topological polar surface area (TPSA) is 55.4 Å². The molecule has 1 aliphatic carbocycles. The largest absolute Gasteiger partial charge is 0.482 e. The second-order valence-corrected chi connectivity index (χ2v) is 5.06. The van der Waals surface area contributed by atoms with Crippen molar-refractivity contribution in [2.24, 2.45) is 5.92 Å². The summed E-state index contributed by atoms with van der Waals surface area (Å²) in [4.78, 5) is 23.3. The van der Waals surface area contributed by atoms with Crippen LogP contribution in [0.2, 0.25) is 5.02 Å². The normalized spacial score (nSPS) is 18.4. The van der Waals surface area contributed by atoms with Crippen molar-refractivity contribution in [3.63, 3.8) is 0 Å². The smallest absolute Gasteiger partial charge is 0.262 e. The lowest BCUT2D eigenvalue weighted by Gasteiger charge is -2.25. The Morgan fingerprint density at radius 3 is 2.83 bits per heavy atom. The number of carbonyl (C=O) groups excluding carboxylic acids is 2. The van der Waals surface area contributed by atoms with Crippen LogP contribution in [0.5, 0.6) is 5.75 Å². The van der Waals surface area contributed by atoms with E-state index in [0.717, 1.165) is 19.3 Å². The molecule has 3 rings (SSSR count). The van der Waals surface area contributed by atoms with Crippen molar-refractivity contribution in [2.75, 3.05) is 11.9 Å². The van der Waals surface area contributed by atoms with E-state index in [-0.39, 0.29) is 24.2 Å². The van der Waals surface area contributed by atoms with Crippen LogP contribution in [-0.4, -0.2) is 18.3 Å². The number of ketones is 1. The molecule has 1 N–H and O–H groups in total. The Kier molecular flexibility index (Phi) is 2.74. The molecule has 4 nitrogen and oxygen atoms in total. The third-order valence-corrected chi connectivity index (χ3v) is 3.76. The van der Waals surface area contributed by atoms with Gasteiger partial charge in [-0.3, -0.25) is 9.59 Å². The molecule has 0 bridgehead atoms. The quantitative estimate of drug-likeness (QED) is 0.837. The number of carbonyl (C=O) groups is 2. The maximum atomic E-state index is 12.2. The molecular formula is C13H12ClNO3. The molecule has 1 aromatic carbocycles. The van der Waals surface area contributed by atoms with E-state index < -0.39 is 0 Å². The molecule has 94 valence electrons. The number of halogens is 1. The van der Waals surface area contributed by atoms with Crippen LogP contribution >= 0.6 is 11.6 Å². The number of amides is 1. The van der Waals surface area contributed by atoms with Crippen molar-refractivity contribution < 1.29 is 14.3 Å². The van der Waals surface area contributed by atoms with Crippen molar-refractivity contribution >= 4 is 29.0 Å². The predicted molar refractivity (Wildman–Crippen MR) is 67.2 cm³/mol. The van der Waals surface area contributed by atoms with Gasteiger partial charge in [0.1, 0.15) is 5.75 Å². The number of hydrogen-bond acceptors (Lipinski definition) is 3. The molecule has 0 saturated heterocycles. The average Bonchev–Trinajstić information content (AvgIpc) is 2.25. The molecule has 0 aromatic heterocycles. The number of ether oxygens (including phenoxy) is 1. The third kappa shape index (κ3) is 1.86. The highest BCUT2D eigenvalue weighted by Crippen LogP contribution is 2.37. The average molecular weight is 266 g/mol. The Morgan fingerprint density at radius 1 is 1.39 bits per heavy atom. The lowest BCUT2D eigenvalue weighted by molar-refractivity contribution is -0.118. The zero-order valence-electron chi connectivity index (χ0n) is 9.66. The van der Waals surface area contributed by atoms with Gasteiger partial charge in [0, 0.05) is 11.5 Å². The summed E-state index contributed by atoms with van der Waals surface area (Å²) in [5.41, 5.74) is 1.03. The summed E-state index contributed by atoms with van der Waals surface area (Å²) in [6.07, 6.45) is 2.97. The zero-order valence-corrected chi connectivity index (χ0v) is 10.4. The molecule has 1 aromatic rings. The lowest BCUT2D eigenvalue weighted by Crippen LogP contribution is -2.26. The number of rotatable bonds is 2. The first kappa shape index (κ1) is 11.5. The molecule has 1 amide bonds. The van der Waals surface area contributed by atoms with Crippen molar-refractivity contribution in [2.45, 2.75) is 19.3 Å². The minimum absolute atomic E-state index is 0.0221. The Hall–Kier alpha value is -1.55. The first-order valence-electron chi connectivity index (χ1n) is 5.95. The second kappa shape index (κ2) is 4.28. The fraction of sp³-hybridized carbons (Fsp3) is 0.385. The number of anilines is 1. The van der Waals surface area contributed by atoms with Crippen molar-refractivity contribution in [3.05, 3.63) is 22.7 Å². The monoisotopic (exact) mass is 265 g/mol. The van der Waals surface area contributed by atoms with Gasteiger partial charge in [-0.2, -0.15) is 0 Å². The SMILES string of the molecule is O=C1COc2cc(C(=O)C3CCC3)c(Cl)cc2N1. The van der Waals surface area contributed by atoms with Crippen molar-refractivity contribution in [1.82, 2.24) is 0 Å². The summed E-state index contributed by atoms with van der Waals surface area (Å²) >= 11 is 6.10. The van der Waals surface area contributed by atoms with Gasteiger partial charge in [0.2, 0.25) is 0 Å². The van der Waals surface area contributed by atoms with Crippen LogP contribution in [-0.2, 0) is 4.79 Å². The highest BCUT2D eigenvalue weighted by Gasteiger charge is 2.29. The standard InChI is InChI=1S/C13H12ClNO3/c14-9-5-10-11(18-6-12(16)15-10)4-8(9)13(17)7-2-1-3-7/h4-5,7H,1-3,6H2,(H,15,16). The molecular weight excluding hydrogens is 254 g/mol. The van der Waals surface area contributed by atoms with Gasteiger partial charge in [0.05, 0.1) is 10.7 Å². The van der Waals surface area contributed by atoms with Gasteiger partial charge in [-0.05, 0) is 25.0 Å². The zero-order chi connectivity index (χ0) is 12.7. The maximum absolute atomic E-state index is 12.2. The highest BCUT2D eigenvalue weighted by molar-refractivity contribution is 6.34. The lowest BCUT2D eigenvalue weighted by atomic mass is 9.80. The van der Waals surface area contributed by atoms with E-state index in [9.17, 15) is 9.59 Å². The van der Waals surface area contributed by atoms with E-state index in [1.54, 1.807) is 12.1 Å². The first-order chi connectivity index (χ1) is 8.65. The summed E-state index contributed by atoms with van der Waals surface area (Å²) in [6, 6.07) is 3.22. The summed E-state index contributed by atoms with van der Waals surface area (Å²) < 4.78 is 5.29. The summed E-state index contributed by atoms with van der Waals surface area (Å²) in [7, 11) is 0. The van der Waals surface area contributed by atoms with E-state index >= 15 is 0 Å². The van der Waals surface area contributed by atoms with E-state index in [1.165, 1.54) is 0 Å². The number of Topliss-reactive ketones (excluding diaryl/α,β-unsaturated/α-hetero) is 1. The molecule has 0 unspecified atom stereocenters. The Bertz CT molecular complexity index is 537. The molecule has 1 aliphatic heterocycles. The first-order valence-corrected chi connectivity index (χ1v) is 6.33. The Morgan fingerprint density at radius 2 is 2.17 bits per heavy atom. The number of fused-ring (bicyclic) bond motifs is 1. The van der Waals surface area contributed by atoms with E-state index in [1.807, 2.05) is 0 Å². The minimum atomic E-state index is -0.211. The molecule has 0 atom stereocenters. The fourth-order valence-electron chi connectivity index (χ4n) is 2.18. The van der Waals surface area contributed by atoms with Gasteiger partial charge in [-0.25, -0.2) is 0 Å². The molecule has 0 spiro atoms. The molecule has 0 radical (unpaired) electrons. The molecule has 18 heavy (non-hydrogen) atoms. The van der Waals surface area contributed by atoms with Gasteiger partial charge in [-0.15, -0.1) is 0 Å². The van der Waals surface area contributed by atoms with Crippen LogP contribution in [0.4, 0.5) is 5.69 Å². The van der Waals surface area contributed by atoms with Gasteiger partial charge >= 0.3 is 0 Å². The van der Waals surface area contributed by atoms with Gasteiger partial charge in [-0.1, -0.05) is 18.0 Å². The molecule has 1 saturated carbocycles. The van der Waals surface area contributed by atoms with E-state index in [0.29, 0.717) is 22.0 Å². The molecule has 1 heterocycles. The van der Waals surface area contributed by atoms with Crippen LogP contribution in [0.3, 0.4) is 0 Å². The third-order valence-electron chi connectivity index (χ3n) is 3.44. The highest BCUT2D eigenvalue weighted by atomic mass is 35.5. The van der Waals surface area contributed by atoms with Crippen LogP contribution in [0.1, 0.15) is 29.6 Å². The Balaban J connectivity index is 1.96. The number of hydrogen-bond donors (Lipinski definition) is 1. The summed E-state index contributed by atoms with van der Waals surface area (Å²) in [6.45, 7) is -0.0221.